The van der Waals surface area contributed by atoms with Crippen LogP contribution in [0.1, 0.15) is 17.0 Å². The van der Waals surface area contributed by atoms with Crippen molar-refractivity contribution in [3.05, 3.63) is 83.4 Å². The van der Waals surface area contributed by atoms with Gasteiger partial charge in [0.05, 0.1) is 12.6 Å². The third-order valence-electron chi connectivity index (χ3n) is 4.96. The van der Waals surface area contributed by atoms with Gasteiger partial charge in [-0.25, -0.2) is 0 Å². The molecular formula is C21H25NO4. The van der Waals surface area contributed by atoms with Crippen LogP contribution in [0.3, 0.4) is 0 Å². The molecule has 1 aliphatic rings. The van der Waals surface area contributed by atoms with Crippen LogP contribution < -0.4 is 5.32 Å². The van der Waals surface area contributed by atoms with E-state index in [0.717, 1.165) is 11.1 Å². The molecule has 5 heteroatoms. The van der Waals surface area contributed by atoms with Crippen molar-refractivity contribution in [3.63, 3.8) is 0 Å². The van der Waals surface area contributed by atoms with E-state index in [0.29, 0.717) is 12.1 Å². The molecule has 2 aromatic carbocycles. The van der Waals surface area contributed by atoms with Crippen LogP contribution in [0.4, 0.5) is 0 Å². The molecule has 0 bridgehead atoms. The molecule has 0 aliphatic heterocycles. The molecule has 1 aliphatic carbocycles. The van der Waals surface area contributed by atoms with Crippen molar-refractivity contribution >= 4 is 0 Å². The zero-order valence-corrected chi connectivity index (χ0v) is 14.4. The SMILES string of the molecule is OCC1=CC(NCC(c2ccccc2)c2ccccc2)C(O)C(O)C1O. The van der Waals surface area contributed by atoms with E-state index in [-0.39, 0.29) is 12.5 Å². The van der Waals surface area contributed by atoms with Crippen LogP contribution in [0, 0.1) is 0 Å². The Bertz CT molecular complexity index is 680. The summed E-state index contributed by atoms with van der Waals surface area (Å²) in [4.78, 5) is 0. The lowest BCUT2D eigenvalue weighted by molar-refractivity contribution is -0.0641. The highest BCUT2D eigenvalue weighted by Crippen LogP contribution is 2.25. The minimum atomic E-state index is -1.33. The van der Waals surface area contributed by atoms with Gasteiger partial charge in [-0.05, 0) is 16.7 Å². The fourth-order valence-corrected chi connectivity index (χ4v) is 3.43. The lowest BCUT2D eigenvalue weighted by atomic mass is 9.87. The monoisotopic (exact) mass is 355 g/mol. The van der Waals surface area contributed by atoms with E-state index in [1.54, 1.807) is 6.08 Å². The van der Waals surface area contributed by atoms with Crippen LogP contribution in [0.25, 0.3) is 0 Å². The summed E-state index contributed by atoms with van der Waals surface area (Å²) in [5.41, 5.74) is 2.60. The normalized spacial score (nSPS) is 26.0. The topological polar surface area (TPSA) is 93.0 Å². The van der Waals surface area contributed by atoms with Crippen molar-refractivity contribution < 1.29 is 20.4 Å². The van der Waals surface area contributed by atoms with Crippen molar-refractivity contribution in [1.82, 2.24) is 5.32 Å². The molecule has 0 saturated heterocycles. The first kappa shape index (κ1) is 18.8. The molecule has 0 heterocycles. The Morgan fingerprint density at radius 3 is 1.85 bits per heavy atom. The Morgan fingerprint density at radius 1 is 0.808 bits per heavy atom. The number of nitrogens with one attached hydrogen (secondary N) is 1. The zero-order valence-electron chi connectivity index (χ0n) is 14.4. The lowest BCUT2D eigenvalue weighted by Crippen LogP contribution is -2.54. The predicted molar refractivity (Wildman–Crippen MR) is 99.7 cm³/mol. The van der Waals surface area contributed by atoms with E-state index in [1.807, 2.05) is 36.4 Å². The highest BCUT2D eigenvalue weighted by Gasteiger charge is 2.37. The standard InChI is InChI=1S/C21H25NO4/c23-13-16-11-18(20(25)21(26)19(16)24)22-12-17(14-7-3-1-4-8-14)15-9-5-2-6-10-15/h1-11,17-26H,12-13H2. The smallest absolute Gasteiger partial charge is 0.111 e. The molecular weight excluding hydrogens is 330 g/mol. The molecule has 4 atom stereocenters. The van der Waals surface area contributed by atoms with Gasteiger partial charge < -0.3 is 25.7 Å². The molecule has 138 valence electrons. The molecule has 0 fully saturated rings. The second-order valence-electron chi connectivity index (χ2n) is 6.63. The molecule has 0 spiro atoms. The Labute approximate surface area is 153 Å². The van der Waals surface area contributed by atoms with Gasteiger partial charge in [0.2, 0.25) is 0 Å². The number of aliphatic hydroxyl groups excluding tert-OH is 4. The van der Waals surface area contributed by atoms with Crippen LogP contribution >= 0.6 is 0 Å². The number of rotatable bonds is 6. The number of hydrogen-bond acceptors (Lipinski definition) is 5. The van der Waals surface area contributed by atoms with Gasteiger partial charge in [-0.15, -0.1) is 0 Å². The van der Waals surface area contributed by atoms with Crippen LogP contribution in [-0.4, -0.2) is 57.9 Å². The molecule has 5 N–H and O–H groups in total. The van der Waals surface area contributed by atoms with Gasteiger partial charge in [0.25, 0.3) is 0 Å². The fourth-order valence-electron chi connectivity index (χ4n) is 3.43. The molecule has 26 heavy (non-hydrogen) atoms. The molecule has 0 saturated carbocycles. The maximum atomic E-state index is 10.3. The summed E-state index contributed by atoms with van der Waals surface area (Å²) in [6.45, 7) is 0.178. The minimum Gasteiger partial charge on any atom is -0.392 e. The maximum absolute atomic E-state index is 10.3. The molecule has 4 unspecified atom stereocenters. The van der Waals surface area contributed by atoms with E-state index in [2.05, 4.69) is 29.6 Å². The Hall–Kier alpha value is -2.02. The van der Waals surface area contributed by atoms with Crippen LogP contribution in [0.15, 0.2) is 72.3 Å². The Balaban J connectivity index is 1.81. The molecule has 3 rings (SSSR count). The molecule has 5 nitrogen and oxygen atoms in total. The van der Waals surface area contributed by atoms with E-state index in [4.69, 9.17) is 0 Å². The van der Waals surface area contributed by atoms with E-state index >= 15 is 0 Å². The summed E-state index contributed by atoms with van der Waals surface area (Å²) in [5, 5.41) is 42.8. The van der Waals surface area contributed by atoms with E-state index in [9.17, 15) is 20.4 Å². The Morgan fingerprint density at radius 2 is 1.35 bits per heavy atom. The minimum absolute atomic E-state index is 0.0690. The quantitative estimate of drug-likeness (QED) is 0.494. The van der Waals surface area contributed by atoms with Crippen molar-refractivity contribution in [1.29, 1.82) is 0 Å². The second-order valence-corrected chi connectivity index (χ2v) is 6.63. The van der Waals surface area contributed by atoms with Crippen molar-refractivity contribution in [3.8, 4) is 0 Å². The molecule has 2 aromatic rings. The van der Waals surface area contributed by atoms with E-state index in [1.165, 1.54) is 0 Å². The summed E-state index contributed by atoms with van der Waals surface area (Å²) in [7, 11) is 0. The summed E-state index contributed by atoms with van der Waals surface area (Å²) in [6.07, 6.45) is -2.11. The first-order valence-electron chi connectivity index (χ1n) is 8.80. The molecule has 0 amide bonds. The summed E-state index contributed by atoms with van der Waals surface area (Å²) >= 11 is 0. The van der Waals surface area contributed by atoms with Crippen molar-refractivity contribution in [2.24, 2.45) is 0 Å². The summed E-state index contributed by atoms with van der Waals surface area (Å²) in [5.74, 6) is 0.0690. The third-order valence-corrected chi connectivity index (χ3v) is 4.96. The average Bonchev–Trinajstić information content (AvgIpc) is 2.69. The van der Waals surface area contributed by atoms with Crippen LogP contribution in [-0.2, 0) is 0 Å². The number of benzene rings is 2. The average molecular weight is 355 g/mol. The summed E-state index contributed by atoms with van der Waals surface area (Å²) in [6, 6.07) is 19.6. The lowest BCUT2D eigenvalue weighted by Gasteiger charge is -2.35. The van der Waals surface area contributed by atoms with Gasteiger partial charge in [-0.1, -0.05) is 66.7 Å². The largest absolute Gasteiger partial charge is 0.392 e. The van der Waals surface area contributed by atoms with Crippen molar-refractivity contribution in [2.75, 3.05) is 13.2 Å². The van der Waals surface area contributed by atoms with Gasteiger partial charge in [-0.2, -0.15) is 0 Å². The first-order valence-corrected chi connectivity index (χ1v) is 8.80. The highest BCUT2D eigenvalue weighted by molar-refractivity contribution is 5.33. The highest BCUT2D eigenvalue weighted by atomic mass is 16.4. The van der Waals surface area contributed by atoms with Gasteiger partial charge in [-0.3, -0.25) is 0 Å². The predicted octanol–water partition coefficient (Wildman–Crippen LogP) is 0.792. The number of aliphatic hydroxyl groups is 4. The maximum Gasteiger partial charge on any atom is 0.111 e. The zero-order chi connectivity index (χ0) is 18.5. The Kier molecular flexibility index (Phi) is 6.19. The second kappa shape index (κ2) is 8.58. The van der Waals surface area contributed by atoms with Gasteiger partial charge in [0, 0.05) is 12.5 Å². The van der Waals surface area contributed by atoms with Gasteiger partial charge in [0.1, 0.15) is 18.3 Å². The number of hydrogen-bond donors (Lipinski definition) is 5. The third kappa shape index (κ3) is 4.03. The summed E-state index contributed by atoms with van der Waals surface area (Å²) < 4.78 is 0. The fraction of sp³-hybridized carbons (Fsp3) is 0.333. The van der Waals surface area contributed by atoms with Crippen molar-refractivity contribution in [2.45, 2.75) is 30.3 Å². The van der Waals surface area contributed by atoms with E-state index < -0.39 is 24.4 Å². The van der Waals surface area contributed by atoms with Gasteiger partial charge in [0.15, 0.2) is 0 Å². The van der Waals surface area contributed by atoms with Crippen LogP contribution in [0.5, 0.6) is 0 Å². The van der Waals surface area contributed by atoms with Gasteiger partial charge >= 0.3 is 0 Å². The molecule has 0 aromatic heterocycles. The molecule has 0 radical (unpaired) electrons. The van der Waals surface area contributed by atoms with Crippen LogP contribution in [0.2, 0.25) is 0 Å². The first-order chi connectivity index (χ1) is 12.6.